The topological polar surface area (TPSA) is 69.6 Å². The van der Waals surface area contributed by atoms with Gasteiger partial charge in [-0.25, -0.2) is 0 Å². The van der Waals surface area contributed by atoms with Crippen LogP contribution >= 0.6 is 0 Å². The van der Waals surface area contributed by atoms with Crippen molar-refractivity contribution in [3.05, 3.63) is 29.8 Å². The Labute approximate surface area is 126 Å². The maximum atomic E-state index is 10.9. The second kappa shape index (κ2) is 6.94. The SMILES string of the molecule is CCCc1ccc(NCC2(O)CCC(C(=O)O)CC2)cc1. The Bertz CT molecular complexity index is 461. The standard InChI is InChI=1S/C17H25NO3/c1-2-3-13-4-6-15(7-5-13)18-12-17(21)10-8-14(9-11-17)16(19)20/h4-7,14,18,21H,2-3,8-12H2,1H3,(H,19,20). The fourth-order valence-electron chi connectivity index (χ4n) is 2.92. The van der Waals surface area contributed by atoms with Crippen LogP contribution < -0.4 is 5.32 Å². The van der Waals surface area contributed by atoms with Gasteiger partial charge >= 0.3 is 5.97 Å². The summed E-state index contributed by atoms with van der Waals surface area (Å²) in [6.07, 6.45) is 4.43. The second-order valence-electron chi connectivity index (χ2n) is 6.14. The van der Waals surface area contributed by atoms with E-state index in [0.29, 0.717) is 32.2 Å². The number of carboxylic acid groups (broad SMARTS) is 1. The summed E-state index contributed by atoms with van der Waals surface area (Å²) < 4.78 is 0. The molecule has 1 aromatic carbocycles. The lowest BCUT2D eigenvalue weighted by atomic mass is 9.79. The van der Waals surface area contributed by atoms with Crippen LogP contribution in [-0.4, -0.2) is 28.3 Å². The molecule has 0 spiro atoms. The lowest BCUT2D eigenvalue weighted by Gasteiger charge is -2.35. The Morgan fingerprint density at radius 2 is 1.90 bits per heavy atom. The van der Waals surface area contributed by atoms with Crippen LogP contribution in [0.5, 0.6) is 0 Å². The number of nitrogens with one attached hydrogen (secondary N) is 1. The van der Waals surface area contributed by atoms with E-state index in [1.165, 1.54) is 5.56 Å². The monoisotopic (exact) mass is 291 g/mol. The minimum absolute atomic E-state index is 0.293. The van der Waals surface area contributed by atoms with Gasteiger partial charge in [-0.15, -0.1) is 0 Å². The van der Waals surface area contributed by atoms with E-state index in [-0.39, 0.29) is 5.92 Å². The molecule has 0 aliphatic heterocycles. The molecule has 1 aromatic rings. The van der Waals surface area contributed by atoms with E-state index in [0.717, 1.165) is 18.5 Å². The van der Waals surface area contributed by atoms with Gasteiger partial charge in [0.15, 0.2) is 0 Å². The number of aliphatic hydroxyl groups is 1. The molecule has 0 radical (unpaired) electrons. The summed E-state index contributed by atoms with van der Waals surface area (Å²) in [6.45, 7) is 2.64. The highest BCUT2D eigenvalue weighted by Gasteiger charge is 2.35. The first kappa shape index (κ1) is 15.8. The van der Waals surface area contributed by atoms with Crippen molar-refractivity contribution in [2.45, 2.75) is 51.0 Å². The molecular weight excluding hydrogens is 266 g/mol. The average Bonchev–Trinajstić information content (AvgIpc) is 2.47. The zero-order valence-corrected chi connectivity index (χ0v) is 12.6. The number of rotatable bonds is 6. The van der Waals surface area contributed by atoms with Crippen LogP contribution in [0.2, 0.25) is 0 Å². The summed E-state index contributed by atoms with van der Waals surface area (Å²) in [6, 6.07) is 8.29. The zero-order valence-electron chi connectivity index (χ0n) is 12.6. The molecule has 0 bridgehead atoms. The molecule has 3 N–H and O–H groups in total. The van der Waals surface area contributed by atoms with Crippen molar-refractivity contribution >= 4 is 11.7 Å². The molecule has 1 aliphatic carbocycles. The number of carbonyl (C=O) groups is 1. The molecule has 0 aromatic heterocycles. The summed E-state index contributed by atoms with van der Waals surface area (Å²) in [5.41, 5.74) is 1.54. The molecule has 4 nitrogen and oxygen atoms in total. The molecule has 0 unspecified atom stereocenters. The van der Waals surface area contributed by atoms with E-state index in [1.807, 2.05) is 12.1 Å². The van der Waals surface area contributed by atoms with Crippen molar-refractivity contribution in [3.63, 3.8) is 0 Å². The summed E-state index contributed by atoms with van der Waals surface area (Å²) in [7, 11) is 0. The van der Waals surface area contributed by atoms with Crippen LogP contribution in [-0.2, 0) is 11.2 Å². The average molecular weight is 291 g/mol. The number of aliphatic carboxylic acids is 1. The fourth-order valence-corrected chi connectivity index (χ4v) is 2.92. The summed E-state index contributed by atoms with van der Waals surface area (Å²) in [5, 5.41) is 22.8. The van der Waals surface area contributed by atoms with Crippen LogP contribution in [0, 0.1) is 5.92 Å². The van der Waals surface area contributed by atoms with E-state index in [9.17, 15) is 9.90 Å². The van der Waals surface area contributed by atoms with Crippen LogP contribution in [0.25, 0.3) is 0 Å². The number of hydrogen-bond acceptors (Lipinski definition) is 3. The largest absolute Gasteiger partial charge is 0.481 e. The fraction of sp³-hybridized carbons (Fsp3) is 0.588. The van der Waals surface area contributed by atoms with Crippen molar-refractivity contribution in [1.82, 2.24) is 0 Å². The predicted molar refractivity (Wildman–Crippen MR) is 83.5 cm³/mol. The highest BCUT2D eigenvalue weighted by atomic mass is 16.4. The lowest BCUT2D eigenvalue weighted by Crippen LogP contribution is -2.41. The van der Waals surface area contributed by atoms with E-state index in [1.54, 1.807) is 0 Å². The normalized spacial score (nSPS) is 25.5. The second-order valence-corrected chi connectivity index (χ2v) is 6.14. The Morgan fingerprint density at radius 1 is 1.29 bits per heavy atom. The van der Waals surface area contributed by atoms with Crippen molar-refractivity contribution in [1.29, 1.82) is 0 Å². The lowest BCUT2D eigenvalue weighted by molar-refractivity contribution is -0.144. The van der Waals surface area contributed by atoms with Crippen molar-refractivity contribution in [2.24, 2.45) is 5.92 Å². The van der Waals surface area contributed by atoms with Gasteiger partial charge in [0.25, 0.3) is 0 Å². The first-order valence-electron chi connectivity index (χ1n) is 7.80. The number of aryl methyl sites for hydroxylation is 1. The van der Waals surface area contributed by atoms with Gasteiger partial charge in [-0.05, 0) is 49.8 Å². The molecule has 0 atom stereocenters. The minimum Gasteiger partial charge on any atom is -0.481 e. The van der Waals surface area contributed by atoms with Crippen LogP contribution in [0.15, 0.2) is 24.3 Å². The van der Waals surface area contributed by atoms with Crippen LogP contribution in [0.1, 0.15) is 44.6 Å². The van der Waals surface area contributed by atoms with Gasteiger partial charge in [0.05, 0.1) is 11.5 Å². The van der Waals surface area contributed by atoms with Crippen molar-refractivity contribution < 1.29 is 15.0 Å². The van der Waals surface area contributed by atoms with E-state index < -0.39 is 11.6 Å². The Hall–Kier alpha value is -1.55. The first-order chi connectivity index (χ1) is 10.0. The maximum Gasteiger partial charge on any atom is 0.306 e. The smallest absolute Gasteiger partial charge is 0.306 e. The highest BCUT2D eigenvalue weighted by molar-refractivity contribution is 5.70. The maximum absolute atomic E-state index is 10.9. The Balaban J connectivity index is 1.83. The van der Waals surface area contributed by atoms with Crippen LogP contribution in [0.4, 0.5) is 5.69 Å². The summed E-state index contributed by atoms with van der Waals surface area (Å²) in [4.78, 5) is 10.9. The molecule has 21 heavy (non-hydrogen) atoms. The molecule has 1 aliphatic rings. The molecule has 1 fully saturated rings. The molecule has 2 rings (SSSR count). The quantitative estimate of drug-likeness (QED) is 0.753. The number of benzene rings is 1. The minimum atomic E-state index is -0.784. The molecule has 0 heterocycles. The van der Waals surface area contributed by atoms with Gasteiger partial charge in [-0.2, -0.15) is 0 Å². The summed E-state index contributed by atoms with van der Waals surface area (Å²) in [5.74, 6) is -1.03. The van der Waals surface area contributed by atoms with E-state index >= 15 is 0 Å². The van der Waals surface area contributed by atoms with Gasteiger partial charge in [-0.1, -0.05) is 25.5 Å². The van der Waals surface area contributed by atoms with Crippen LogP contribution in [0.3, 0.4) is 0 Å². The first-order valence-corrected chi connectivity index (χ1v) is 7.80. The molecular formula is C17H25NO3. The third-order valence-electron chi connectivity index (χ3n) is 4.38. The van der Waals surface area contributed by atoms with Gasteiger partial charge in [-0.3, -0.25) is 4.79 Å². The van der Waals surface area contributed by atoms with Gasteiger partial charge < -0.3 is 15.5 Å². The molecule has 0 saturated heterocycles. The third kappa shape index (κ3) is 4.46. The molecule has 1 saturated carbocycles. The van der Waals surface area contributed by atoms with Gasteiger partial charge in [0.1, 0.15) is 0 Å². The van der Waals surface area contributed by atoms with Gasteiger partial charge in [0, 0.05) is 12.2 Å². The third-order valence-corrected chi connectivity index (χ3v) is 4.38. The number of hydrogen-bond donors (Lipinski definition) is 3. The van der Waals surface area contributed by atoms with Gasteiger partial charge in [0.2, 0.25) is 0 Å². The van der Waals surface area contributed by atoms with E-state index in [2.05, 4.69) is 24.4 Å². The molecule has 116 valence electrons. The Morgan fingerprint density at radius 3 is 2.43 bits per heavy atom. The Kier molecular flexibility index (Phi) is 5.23. The number of carboxylic acids is 1. The van der Waals surface area contributed by atoms with Crippen molar-refractivity contribution in [2.75, 3.05) is 11.9 Å². The van der Waals surface area contributed by atoms with Crippen molar-refractivity contribution in [3.8, 4) is 0 Å². The highest BCUT2D eigenvalue weighted by Crippen LogP contribution is 2.32. The van der Waals surface area contributed by atoms with E-state index in [4.69, 9.17) is 5.11 Å². The molecule has 0 amide bonds. The molecule has 4 heteroatoms. The predicted octanol–water partition coefficient (Wildman–Crippen LogP) is 3.06. The number of anilines is 1. The zero-order chi connectivity index (χ0) is 15.3. The summed E-state index contributed by atoms with van der Waals surface area (Å²) >= 11 is 0.